The number of nitrogens with zero attached hydrogens (tertiary/aromatic N) is 4. The molecule has 0 aromatic carbocycles. The number of amides is 1. The molecule has 3 rings (SSSR count). The SMILES string of the molecule is CC(C)(C)OC(=O)N1CCC(Cc2nn[nH]n2)(C2CCCCC2)CC1. The summed E-state index contributed by atoms with van der Waals surface area (Å²) in [4.78, 5) is 14.2. The average molecular weight is 349 g/mol. The lowest BCUT2D eigenvalue weighted by Gasteiger charge is -2.47. The number of tetrazole rings is 1. The molecule has 25 heavy (non-hydrogen) atoms. The largest absolute Gasteiger partial charge is 0.444 e. The summed E-state index contributed by atoms with van der Waals surface area (Å²) in [5, 5.41) is 14.7. The molecule has 0 spiro atoms. The molecule has 140 valence electrons. The second-order valence-electron chi connectivity index (χ2n) is 8.67. The van der Waals surface area contributed by atoms with E-state index in [0.29, 0.717) is 5.92 Å². The Hall–Kier alpha value is -1.66. The smallest absolute Gasteiger partial charge is 0.410 e. The van der Waals surface area contributed by atoms with Crippen LogP contribution in [0.3, 0.4) is 0 Å². The molecule has 0 unspecified atom stereocenters. The van der Waals surface area contributed by atoms with Gasteiger partial charge in [0.15, 0.2) is 5.82 Å². The molecule has 1 saturated heterocycles. The highest BCUT2D eigenvalue weighted by Gasteiger charge is 2.43. The molecular weight excluding hydrogens is 318 g/mol. The molecule has 2 fully saturated rings. The third-order valence-corrected chi connectivity index (χ3v) is 5.78. The number of hydrogen-bond acceptors (Lipinski definition) is 5. The first-order chi connectivity index (χ1) is 11.9. The van der Waals surface area contributed by atoms with E-state index in [9.17, 15) is 4.79 Å². The molecule has 1 aliphatic heterocycles. The number of hydrogen-bond donors (Lipinski definition) is 1. The Bertz CT molecular complexity index is 553. The number of carbonyl (C=O) groups is 1. The summed E-state index contributed by atoms with van der Waals surface area (Å²) in [6, 6.07) is 0. The lowest BCUT2D eigenvalue weighted by molar-refractivity contribution is -0.00656. The first kappa shape index (κ1) is 18.1. The normalized spacial score (nSPS) is 22.0. The monoisotopic (exact) mass is 349 g/mol. The summed E-state index contributed by atoms with van der Waals surface area (Å²) in [7, 11) is 0. The predicted octanol–water partition coefficient (Wildman–Crippen LogP) is 3.34. The van der Waals surface area contributed by atoms with Gasteiger partial charge in [0.2, 0.25) is 0 Å². The van der Waals surface area contributed by atoms with Crippen molar-refractivity contribution in [1.82, 2.24) is 25.5 Å². The zero-order valence-corrected chi connectivity index (χ0v) is 15.8. The van der Waals surface area contributed by atoms with Crippen LogP contribution in [0.1, 0.15) is 71.5 Å². The van der Waals surface area contributed by atoms with E-state index in [0.717, 1.165) is 38.2 Å². The first-order valence-electron chi connectivity index (χ1n) is 9.58. The maximum absolute atomic E-state index is 12.4. The van der Waals surface area contributed by atoms with Gasteiger partial charge in [0.05, 0.1) is 0 Å². The first-order valence-corrected chi connectivity index (χ1v) is 9.58. The minimum absolute atomic E-state index is 0.183. The minimum atomic E-state index is -0.445. The van der Waals surface area contributed by atoms with Gasteiger partial charge in [0.25, 0.3) is 0 Å². The Morgan fingerprint density at radius 1 is 1.24 bits per heavy atom. The Morgan fingerprint density at radius 2 is 1.92 bits per heavy atom. The van der Waals surface area contributed by atoms with Crippen LogP contribution in [0.25, 0.3) is 0 Å². The highest BCUT2D eigenvalue weighted by Crippen LogP contribution is 2.47. The van der Waals surface area contributed by atoms with Crippen LogP contribution in [0.2, 0.25) is 0 Å². The van der Waals surface area contributed by atoms with Crippen molar-refractivity contribution in [3.63, 3.8) is 0 Å². The molecule has 1 aromatic heterocycles. The van der Waals surface area contributed by atoms with Gasteiger partial charge in [-0.25, -0.2) is 4.79 Å². The summed E-state index contributed by atoms with van der Waals surface area (Å²) in [5.41, 5.74) is -0.261. The topological polar surface area (TPSA) is 84.0 Å². The van der Waals surface area contributed by atoms with E-state index in [1.807, 2.05) is 25.7 Å². The van der Waals surface area contributed by atoms with E-state index in [1.54, 1.807) is 0 Å². The van der Waals surface area contributed by atoms with Crippen LogP contribution >= 0.6 is 0 Å². The molecule has 2 heterocycles. The Labute approximate surface area is 149 Å². The molecule has 1 saturated carbocycles. The van der Waals surface area contributed by atoms with Crippen molar-refractivity contribution in [1.29, 1.82) is 0 Å². The van der Waals surface area contributed by atoms with Gasteiger partial charge in [-0.2, -0.15) is 5.21 Å². The lowest BCUT2D eigenvalue weighted by Crippen LogP contribution is -2.49. The zero-order valence-electron chi connectivity index (χ0n) is 15.8. The highest BCUT2D eigenvalue weighted by atomic mass is 16.6. The van der Waals surface area contributed by atoms with E-state index in [1.165, 1.54) is 32.1 Å². The number of rotatable bonds is 3. The van der Waals surface area contributed by atoms with Crippen molar-refractivity contribution < 1.29 is 9.53 Å². The third kappa shape index (κ3) is 4.50. The fourth-order valence-corrected chi connectivity index (χ4v) is 4.48. The molecule has 2 aliphatic rings. The Kier molecular flexibility index (Phi) is 5.29. The van der Waals surface area contributed by atoms with Crippen molar-refractivity contribution in [2.45, 2.75) is 77.7 Å². The van der Waals surface area contributed by atoms with Gasteiger partial charge in [0, 0.05) is 19.5 Å². The maximum Gasteiger partial charge on any atom is 0.410 e. The van der Waals surface area contributed by atoms with Crippen molar-refractivity contribution in [2.75, 3.05) is 13.1 Å². The van der Waals surface area contributed by atoms with Gasteiger partial charge in [-0.15, -0.1) is 10.2 Å². The van der Waals surface area contributed by atoms with Gasteiger partial charge in [-0.3, -0.25) is 0 Å². The summed E-state index contributed by atoms with van der Waals surface area (Å²) >= 11 is 0. The fourth-order valence-electron chi connectivity index (χ4n) is 4.48. The molecule has 0 atom stereocenters. The summed E-state index contributed by atoms with van der Waals surface area (Å²) in [6.07, 6.45) is 9.19. The maximum atomic E-state index is 12.4. The molecule has 1 aliphatic carbocycles. The molecular formula is C18H31N5O2. The van der Waals surface area contributed by atoms with Gasteiger partial charge >= 0.3 is 6.09 Å². The van der Waals surface area contributed by atoms with Crippen LogP contribution in [0.5, 0.6) is 0 Å². The molecule has 1 amide bonds. The number of carbonyl (C=O) groups excluding carboxylic acids is 1. The number of piperidine rings is 1. The van der Waals surface area contributed by atoms with E-state index >= 15 is 0 Å². The second-order valence-corrected chi connectivity index (χ2v) is 8.67. The van der Waals surface area contributed by atoms with Crippen molar-refractivity contribution >= 4 is 6.09 Å². The fraction of sp³-hybridized carbons (Fsp3) is 0.889. The van der Waals surface area contributed by atoms with E-state index in [4.69, 9.17) is 4.74 Å². The standard InChI is InChI=1S/C18H31N5O2/c1-17(2,3)25-16(24)23-11-9-18(10-12-23,13-15-19-21-22-20-15)14-7-5-4-6-8-14/h14H,4-13H2,1-3H3,(H,19,20,21,22). The summed E-state index contributed by atoms with van der Waals surface area (Å²) in [5.74, 6) is 1.50. The molecule has 1 N–H and O–H groups in total. The number of H-pyrrole nitrogens is 1. The van der Waals surface area contributed by atoms with Crippen LogP contribution in [0.4, 0.5) is 4.79 Å². The second kappa shape index (κ2) is 7.30. The zero-order chi connectivity index (χ0) is 17.9. The Balaban J connectivity index is 1.69. The molecule has 0 bridgehead atoms. The van der Waals surface area contributed by atoms with Crippen LogP contribution < -0.4 is 0 Å². The Morgan fingerprint density at radius 3 is 2.48 bits per heavy atom. The quantitative estimate of drug-likeness (QED) is 0.905. The number of ether oxygens (including phenoxy) is 1. The summed E-state index contributed by atoms with van der Waals surface area (Å²) in [6.45, 7) is 7.25. The van der Waals surface area contributed by atoms with Crippen LogP contribution in [-0.4, -0.2) is 50.3 Å². The highest BCUT2D eigenvalue weighted by molar-refractivity contribution is 5.68. The predicted molar refractivity (Wildman–Crippen MR) is 93.9 cm³/mol. The van der Waals surface area contributed by atoms with Gasteiger partial charge in [-0.1, -0.05) is 24.5 Å². The van der Waals surface area contributed by atoms with Gasteiger partial charge in [-0.05, 0) is 57.8 Å². The van der Waals surface area contributed by atoms with Crippen molar-refractivity contribution in [2.24, 2.45) is 11.3 Å². The number of nitrogens with one attached hydrogen (secondary N) is 1. The van der Waals surface area contributed by atoms with Crippen LogP contribution in [0.15, 0.2) is 0 Å². The molecule has 1 aromatic rings. The van der Waals surface area contributed by atoms with E-state index < -0.39 is 5.60 Å². The van der Waals surface area contributed by atoms with Crippen molar-refractivity contribution in [3.05, 3.63) is 5.82 Å². The number of aromatic nitrogens is 4. The van der Waals surface area contributed by atoms with E-state index in [-0.39, 0.29) is 11.5 Å². The minimum Gasteiger partial charge on any atom is -0.444 e. The van der Waals surface area contributed by atoms with Crippen molar-refractivity contribution in [3.8, 4) is 0 Å². The number of likely N-dealkylation sites (tertiary alicyclic amines) is 1. The molecule has 7 nitrogen and oxygen atoms in total. The number of aromatic amines is 1. The van der Waals surface area contributed by atoms with Crippen LogP contribution in [0, 0.1) is 11.3 Å². The average Bonchev–Trinajstić information content (AvgIpc) is 3.07. The van der Waals surface area contributed by atoms with Gasteiger partial charge in [0.1, 0.15) is 5.60 Å². The van der Waals surface area contributed by atoms with Crippen LogP contribution in [-0.2, 0) is 11.2 Å². The van der Waals surface area contributed by atoms with E-state index in [2.05, 4.69) is 20.6 Å². The molecule has 7 heteroatoms. The lowest BCUT2D eigenvalue weighted by atomic mass is 9.62. The van der Waals surface area contributed by atoms with Gasteiger partial charge < -0.3 is 9.64 Å². The summed E-state index contributed by atoms with van der Waals surface area (Å²) < 4.78 is 5.54. The molecule has 0 radical (unpaired) electrons. The third-order valence-electron chi connectivity index (χ3n) is 5.78.